The summed E-state index contributed by atoms with van der Waals surface area (Å²) in [5.74, 6) is 2.08. The highest BCUT2D eigenvalue weighted by Crippen LogP contribution is 2.48. The van der Waals surface area contributed by atoms with Crippen molar-refractivity contribution in [2.45, 2.75) is 45.1 Å². The first-order valence-electron chi connectivity index (χ1n) is 7.66. The van der Waals surface area contributed by atoms with E-state index in [2.05, 4.69) is 52.4 Å². The third-order valence-electron chi connectivity index (χ3n) is 4.92. The molecule has 0 heterocycles. The second-order valence-corrected chi connectivity index (χ2v) is 7.44. The van der Waals surface area contributed by atoms with E-state index in [9.17, 15) is 4.79 Å². The molecular formula is C17H22BrNO. The molecule has 3 rings (SSSR count). The Hall–Kier alpha value is -0.830. The van der Waals surface area contributed by atoms with E-state index in [1.807, 2.05) is 0 Å². The summed E-state index contributed by atoms with van der Waals surface area (Å²) < 4.78 is 1.10. The van der Waals surface area contributed by atoms with Crippen LogP contribution in [0, 0.1) is 17.8 Å². The van der Waals surface area contributed by atoms with E-state index in [0.717, 1.165) is 23.2 Å². The number of fused-ring (bicyclic) bond motifs is 2. The molecule has 4 atom stereocenters. The zero-order valence-electron chi connectivity index (χ0n) is 11.9. The van der Waals surface area contributed by atoms with Gasteiger partial charge >= 0.3 is 0 Å². The molecule has 2 fully saturated rings. The summed E-state index contributed by atoms with van der Waals surface area (Å²) in [6.45, 7) is 2.10. The van der Waals surface area contributed by atoms with Crippen molar-refractivity contribution in [2.75, 3.05) is 0 Å². The van der Waals surface area contributed by atoms with Gasteiger partial charge in [0.25, 0.3) is 0 Å². The van der Waals surface area contributed by atoms with E-state index in [1.165, 1.54) is 24.8 Å². The van der Waals surface area contributed by atoms with E-state index in [1.54, 1.807) is 0 Å². The van der Waals surface area contributed by atoms with Crippen LogP contribution in [0.5, 0.6) is 0 Å². The highest BCUT2D eigenvalue weighted by Gasteiger charge is 2.43. The predicted octanol–water partition coefficient (Wildman–Crippen LogP) is 3.93. The van der Waals surface area contributed by atoms with Crippen molar-refractivity contribution in [3.63, 3.8) is 0 Å². The van der Waals surface area contributed by atoms with Gasteiger partial charge in [-0.1, -0.05) is 34.5 Å². The van der Waals surface area contributed by atoms with Gasteiger partial charge in [0.15, 0.2) is 0 Å². The van der Waals surface area contributed by atoms with Crippen LogP contribution in [0.15, 0.2) is 28.7 Å². The first-order chi connectivity index (χ1) is 9.61. The number of nitrogens with one attached hydrogen (secondary N) is 1. The number of hydrogen-bond acceptors (Lipinski definition) is 1. The first-order valence-corrected chi connectivity index (χ1v) is 8.46. The fraction of sp³-hybridized carbons (Fsp3) is 0.588. The van der Waals surface area contributed by atoms with E-state index in [0.29, 0.717) is 17.7 Å². The second-order valence-electron chi connectivity index (χ2n) is 6.52. The van der Waals surface area contributed by atoms with Crippen LogP contribution in [0.4, 0.5) is 0 Å². The SMILES string of the molecule is C[C@@H](Cc1ccc(Br)cc1)NC(=O)[C@@H]1C[C@H]2CC[C@H]1C2. The number of benzene rings is 1. The standard InChI is InChI=1S/C17H22BrNO/c1-11(8-12-3-6-15(18)7-4-12)19-17(20)16-10-13-2-5-14(16)9-13/h3-4,6-7,11,13-14,16H,2,5,8-10H2,1H3,(H,19,20)/t11-,13-,14-,16+/m0/s1. The molecule has 0 saturated heterocycles. The lowest BCUT2D eigenvalue weighted by atomic mass is 9.88. The highest BCUT2D eigenvalue weighted by atomic mass is 79.9. The summed E-state index contributed by atoms with van der Waals surface area (Å²) in [5.41, 5.74) is 1.27. The molecule has 2 bridgehead atoms. The molecule has 20 heavy (non-hydrogen) atoms. The summed E-state index contributed by atoms with van der Waals surface area (Å²) in [6.07, 6.45) is 5.94. The van der Waals surface area contributed by atoms with Crippen molar-refractivity contribution >= 4 is 21.8 Å². The minimum Gasteiger partial charge on any atom is -0.353 e. The van der Waals surface area contributed by atoms with Crippen molar-refractivity contribution in [3.8, 4) is 0 Å². The minimum absolute atomic E-state index is 0.211. The summed E-state index contributed by atoms with van der Waals surface area (Å²) in [6, 6.07) is 8.55. The van der Waals surface area contributed by atoms with Crippen LogP contribution in [0.3, 0.4) is 0 Å². The van der Waals surface area contributed by atoms with Crippen LogP contribution in [-0.4, -0.2) is 11.9 Å². The quantitative estimate of drug-likeness (QED) is 0.887. The van der Waals surface area contributed by atoms with Gasteiger partial charge in [0, 0.05) is 16.4 Å². The van der Waals surface area contributed by atoms with Crippen molar-refractivity contribution in [1.82, 2.24) is 5.32 Å². The van der Waals surface area contributed by atoms with Crippen molar-refractivity contribution < 1.29 is 4.79 Å². The average molecular weight is 336 g/mol. The summed E-state index contributed by atoms with van der Waals surface area (Å²) in [5, 5.41) is 3.22. The Morgan fingerprint density at radius 1 is 1.30 bits per heavy atom. The molecule has 1 aromatic rings. The molecule has 0 aromatic heterocycles. The van der Waals surface area contributed by atoms with Gasteiger partial charge in [-0.3, -0.25) is 4.79 Å². The Morgan fingerprint density at radius 2 is 2.05 bits per heavy atom. The summed E-state index contributed by atoms with van der Waals surface area (Å²) in [4.78, 5) is 12.4. The van der Waals surface area contributed by atoms with Gasteiger partial charge in [-0.15, -0.1) is 0 Å². The molecular weight excluding hydrogens is 314 g/mol. The molecule has 0 radical (unpaired) electrons. The van der Waals surface area contributed by atoms with E-state index >= 15 is 0 Å². The van der Waals surface area contributed by atoms with Crippen LogP contribution in [-0.2, 0) is 11.2 Å². The lowest BCUT2D eigenvalue weighted by Gasteiger charge is -2.23. The molecule has 2 saturated carbocycles. The number of halogens is 1. The summed E-state index contributed by atoms with van der Waals surface area (Å²) in [7, 11) is 0. The Labute approximate surface area is 129 Å². The molecule has 2 aliphatic carbocycles. The van der Waals surface area contributed by atoms with E-state index in [-0.39, 0.29) is 6.04 Å². The van der Waals surface area contributed by atoms with Gasteiger partial charge in [0.05, 0.1) is 0 Å². The zero-order chi connectivity index (χ0) is 14.1. The Balaban J connectivity index is 1.52. The van der Waals surface area contributed by atoms with Crippen molar-refractivity contribution in [3.05, 3.63) is 34.3 Å². The van der Waals surface area contributed by atoms with Crippen LogP contribution >= 0.6 is 15.9 Å². The molecule has 2 nitrogen and oxygen atoms in total. The number of hydrogen-bond donors (Lipinski definition) is 1. The Bertz CT molecular complexity index is 484. The molecule has 0 spiro atoms. The van der Waals surface area contributed by atoms with Gasteiger partial charge in [-0.25, -0.2) is 0 Å². The van der Waals surface area contributed by atoms with Crippen molar-refractivity contribution in [1.29, 1.82) is 0 Å². The van der Waals surface area contributed by atoms with Gasteiger partial charge in [0.2, 0.25) is 5.91 Å². The topological polar surface area (TPSA) is 29.1 Å². The van der Waals surface area contributed by atoms with Crippen LogP contribution in [0.25, 0.3) is 0 Å². The predicted molar refractivity (Wildman–Crippen MR) is 84.4 cm³/mol. The lowest BCUT2D eigenvalue weighted by molar-refractivity contribution is -0.127. The average Bonchev–Trinajstić information content (AvgIpc) is 3.03. The smallest absolute Gasteiger partial charge is 0.223 e. The molecule has 2 aliphatic rings. The van der Waals surface area contributed by atoms with Crippen LogP contribution in [0.1, 0.15) is 38.2 Å². The fourth-order valence-corrected chi connectivity index (χ4v) is 4.21. The number of carbonyl (C=O) groups is 1. The zero-order valence-corrected chi connectivity index (χ0v) is 13.5. The van der Waals surface area contributed by atoms with Crippen LogP contribution < -0.4 is 5.32 Å². The monoisotopic (exact) mass is 335 g/mol. The summed E-state index contributed by atoms with van der Waals surface area (Å²) >= 11 is 3.45. The molecule has 0 aliphatic heterocycles. The maximum Gasteiger partial charge on any atom is 0.223 e. The van der Waals surface area contributed by atoms with E-state index in [4.69, 9.17) is 0 Å². The van der Waals surface area contributed by atoms with Crippen LogP contribution in [0.2, 0.25) is 0 Å². The third kappa shape index (κ3) is 3.08. The number of amides is 1. The molecule has 1 amide bonds. The van der Waals surface area contributed by atoms with Crippen molar-refractivity contribution in [2.24, 2.45) is 17.8 Å². The maximum atomic E-state index is 12.4. The maximum absolute atomic E-state index is 12.4. The Kier molecular flexibility index (Phi) is 4.16. The third-order valence-corrected chi connectivity index (χ3v) is 5.45. The fourth-order valence-electron chi connectivity index (χ4n) is 3.94. The second kappa shape index (κ2) is 5.88. The molecule has 1 N–H and O–H groups in total. The Morgan fingerprint density at radius 3 is 2.65 bits per heavy atom. The minimum atomic E-state index is 0.211. The normalized spacial score (nSPS) is 29.4. The van der Waals surface area contributed by atoms with Gasteiger partial charge in [-0.05, 0) is 62.1 Å². The molecule has 0 unspecified atom stereocenters. The first kappa shape index (κ1) is 14.1. The largest absolute Gasteiger partial charge is 0.353 e. The van der Waals surface area contributed by atoms with E-state index < -0.39 is 0 Å². The van der Waals surface area contributed by atoms with Gasteiger partial charge < -0.3 is 5.32 Å². The van der Waals surface area contributed by atoms with Gasteiger partial charge in [-0.2, -0.15) is 0 Å². The highest BCUT2D eigenvalue weighted by molar-refractivity contribution is 9.10. The lowest BCUT2D eigenvalue weighted by Crippen LogP contribution is -2.40. The molecule has 108 valence electrons. The van der Waals surface area contributed by atoms with Gasteiger partial charge in [0.1, 0.15) is 0 Å². The molecule has 1 aromatic carbocycles. The number of carbonyl (C=O) groups excluding carboxylic acids is 1. The molecule has 3 heteroatoms. The number of rotatable bonds is 4.